The largest absolute Gasteiger partial charge is 0.373 e. The maximum Gasteiger partial charge on any atom is 0.141 e. The smallest absolute Gasteiger partial charge is 0.141 e. The Morgan fingerprint density at radius 3 is 3.25 bits per heavy atom. The summed E-state index contributed by atoms with van der Waals surface area (Å²) in [4.78, 5) is 14.2. The maximum absolute atomic E-state index is 9.15. The first-order valence-electron chi connectivity index (χ1n) is 7.98. The molecule has 24 heavy (non-hydrogen) atoms. The highest BCUT2D eigenvalue weighted by atomic mass is 16.5. The first-order chi connectivity index (χ1) is 11.8. The number of nitrogens with one attached hydrogen (secondary N) is 2. The van der Waals surface area contributed by atoms with Crippen molar-refractivity contribution in [2.24, 2.45) is 0 Å². The van der Waals surface area contributed by atoms with Gasteiger partial charge >= 0.3 is 0 Å². The molecule has 7 heteroatoms. The summed E-state index contributed by atoms with van der Waals surface area (Å²) in [6.45, 7) is 3.18. The van der Waals surface area contributed by atoms with E-state index in [2.05, 4.69) is 31.2 Å². The van der Waals surface area contributed by atoms with Gasteiger partial charge in [0.1, 0.15) is 17.4 Å². The molecule has 0 spiro atoms. The number of hydrogen-bond acceptors (Lipinski definition) is 6. The lowest BCUT2D eigenvalue weighted by Crippen LogP contribution is -2.46. The Kier molecular flexibility index (Phi) is 3.76. The molecule has 2 N–H and O–H groups in total. The molecule has 1 fully saturated rings. The normalized spacial score (nSPS) is 18.2. The number of fused-ring (bicyclic) bond motifs is 3. The molecule has 0 bridgehead atoms. The average Bonchev–Trinajstić information content (AvgIpc) is 3.00. The van der Waals surface area contributed by atoms with E-state index in [1.54, 1.807) is 6.20 Å². The highest BCUT2D eigenvalue weighted by Gasteiger charge is 2.23. The Morgan fingerprint density at radius 1 is 1.50 bits per heavy atom. The molecule has 0 amide bonds. The van der Waals surface area contributed by atoms with Crippen molar-refractivity contribution in [2.75, 3.05) is 38.2 Å². The summed E-state index contributed by atoms with van der Waals surface area (Å²) in [5, 5.41) is 14.3. The van der Waals surface area contributed by atoms with Crippen molar-refractivity contribution in [1.82, 2.24) is 20.3 Å². The zero-order chi connectivity index (χ0) is 16.5. The fourth-order valence-corrected chi connectivity index (χ4v) is 3.32. The summed E-state index contributed by atoms with van der Waals surface area (Å²) in [7, 11) is 1.93. The summed E-state index contributed by atoms with van der Waals surface area (Å²) in [5.41, 5.74) is 3.24. The summed E-state index contributed by atoms with van der Waals surface area (Å²) >= 11 is 0. The number of nitriles is 1. The molecular weight excluding hydrogens is 304 g/mol. The summed E-state index contributed by atoms with van der Waals surface area (Å²) < 4.78 is 5.81. The molecule has 3 aromatic heterocycles. The second-order valence-corrected chi connectivity index (χ2v) is 5.90. The van der Waals surface area contributed by atoms with E-state index in [0.717, 1.165) is 47.3 Å². The molecule has 4 rings (SSSR count). The number of anilines is 1. The van der Waals surface area contributed by atoms with Crippen LogP contribution >= 0.6 is 0 Å². The third kappa shape index (κ3) is 2.46. The van der Waals surface area contributed by atoms with Crippen molar-refractivity contribution in [1.29, 1.82) is 5.26 Å². The van der Waals surface area contributed by atoms with Crippen LogP contribution in [0.5, 0.6) is 0 Å². The number of likely N-dealkylation sites (N-methyl/N-ethyl adjacent to an activating group) is 1. The van der Waals surface area contributed by atoms with Crippen molar-refractivity contribution in [3.8, 4) is 6.07 Å². The van der Waals surface area contributed by atoms with Crippen LogP contribution in [0.1, 0.15) is 5.69 Å². The number of rotatable bonds is 3. The fourth-order valence-electron chi connectivity index (χ4n) is 3.32. The summed E-state index contributed by atoms with van der Waals surface area (Å²) in [6, 6.07) is 5.96. The molecule has 1 aliphatic rings. The number of H-pyrrole nitrogens is 1. The Morgan fingerprint density at radius 2 is 2.42 bits per heavy atom. The Bertz CT molecular complexity index is 926. The van der Waals surface area contributed by atoms with Gasteiger partial charge in [0, 0.05) is 31.2 Å². The fraction of sp³-hybridized carbons (Fsp3) is 0.353. The van der Waals surface area contributed by atoms with E-state index in [4.69, 9.17) is 10.00 Å². The lowest BCUT2D eigenvalue weighted by Gasteiger charge is -2.34. The van der Waals surface area contributed by atoms with Gasteiger partial charge in [0.2, 0.25) is 0 Å². The Balaban J connectivity index is 1.84. The second kappa shape index (κ2) is 6.07. The van der Waals surface area contributed by atoms with Gasteiger partial charge < -0.3 is 19.9 Å². The molecule has 1 saturated heterocycles. The average molecular weight is 322 g/mol. The van der Waals surface area contributed by atoms with Crippen molar-refractivity contribution in [2.45, 2.75) is 6.10 Å². The van der Waals surface area contributed by atoms with Crippen molar-refractivity contribution >= 4 is 27.6 Å². The van der Waals surface area contributed by atoms with Crippen molar-refractivity contribution in [3.63, 3.8) is 0 Å². The van der Waals surface area contributed by atoms with Crippen LogP contribution in [-0.4, -0.2) is 54.3 Å². The number of aromatic amines is 1. The Hall–Kier alpha value is -2.69. The molecule has 122 valence electrons. The lowest BCUT2D eigenvalue weighted by molar-refractivity contribution is 0.0422. The molecule has 4 heterocycles. The van der Waals surface area contributed by atoms with Gasteiger partial charge in [-0.25, -0.2) is 9.97 Å². The van der Waals surface area contributed by atoms with Crippen LogP contribution in [0.4, 0.5) is 5.69 Å². The minimum absolute atomic E-state index is 0.161. The zero-order valence-corrected chi connectivity index (χ0v) is 13.4. The van der Waals surface area contributed by atoms with E-state index >= 15 is 0 Å². The van der Waals surface area contributed by atoms with Crippen LogP contribution in [0.3, 0.4) is 0 Å². The number of ether oxygens (including phenoxy) is 1. The van der Waals surface area contributed by atoms with Gasteiger partial charge in [-0.05, 0) is 19.2 Å². The molecule has 3 aromatic rings. The van der Waals surface area contributed by atoms with Crippen LogP contribution in [-0.2, 0) is 4.74 Å². The molecule has 7 nitrogen and oxygen atoms in total. The van der Waals surface area contributed by atoms with E-state index in [1.807, 2.05) is 25.4 Å². The van der Waals surface area contributed by atoms with E-state index in [1.165, 1.54) is 0 Å². The molecule has 1 unspecified atom stereocenters. The second-order valence-electron chi connectivity index (χ2n) is 5.90. The van der Waals surface area contributed by atoms with Crippen molar-refractivity contribution < 1.29 is 4.74 Å². The molecule has 0 radical (unpaired) electrons. The van der Waals surface area contributed by atoms with E-state index < -0.39 is 0 Å². The Labute approximate surface area is 139 Å². The molecule has 1 aliphatic heterocycles. The van der Waals surface area contributed by atoms with Gasteiger partial charge in [-0.3, -0.25) is 0 Å². The van der Waals surface area contributed by atoms with E-state index in [9.17, 15) is 0 Å². The van der Waals surface area contributed by atoms with Crippen LogP contribution in [0.2, 0.25) is 0 Å². The van der Waals surface area contributed by atoms with Gasteiger partial charge in [-0.2, -0.15) is 5.26 Å². The highest BCUT2D eigenvalue weighted by Crippen LogP contribution is 2.33. The zero-order valence-electron chi connectivity index (χ0n) is 13.4. The van der Waals surface area contributed by atoms with Crippen LogP contribution in [0, 0.1) is 11.3 Å². The van der Waals surface area contributed by atoms with Gasteiger partial charge in [-0.1, -0.05) is 0 Å². The van der Waals surface area contributed by atoms with Gasteiger partial charge in [0.25, 0.3) is 0 Å². The number of morpholine rings is 1. The number of aromatic nitrogens is 3. The van der Waals surface area contributed by atoms with Crippen LogP contribution in [0.15, 0.2) is 24.5 Å². The molecule has 0 aromatic carbocycles. The first kappa shape index (κ1) is 14.9. The maximum atomic E-state index is 9.15. The highest BCUT2D eigenvalue weighted by molar-refractivity contribution is 6.12. The number of hydrogen-bond donors (Lipinski definition) is 2. The summed E-state index contributed by atoms with van der Waals surface area (Å²) in [6.07, 6.45) is 3.67. The van der Waals surface area contributed by atoms with E-state index in [-0.39, 0.29) is 6.10 Å². The van der Waals surface area contributed by atoms with Crippen molar-refractivity contribution in [3.05, 3.63) is 30.2 Å². The number of pyridine rings is 2. The predicted molar refractivity (Wildman–Crippen MR) is 92.0 cm³/mol. The molecular formula is C17H18N6O. The minimum atomic E-state index is 0.161. The van der Waals surface area contributed by atoms with Gasteiger partial charge in [-0.15, -0.1) is 0 Å². The predicted octanol–water partition coefficient (Wildman–Crippen LogP) is 1.41. The van der Waals surface area contributed by atoms with Gasteiger partial charge in [0.15, 0.2) is 0 Å². The molecule has 0 aliphatic carbocycles. The van der Waals surface area contributed by atoms with Crippen LogP contribution in [0.25, 0.3) is 21.9 Å². The third-order valence-corrected chi connectivity index (χ3v) is 4.38. The molecule has 0 saturated carbocycles. The van der Waals surface area contributed by atoms with Crippen LogP contribution < -0.4 is 10.2 Å². The third-order valence-electron chi connectivity index (χ3n) is 4.38. The standard InChI is InChI=1S/C17H18N6O/c1-19-8-12-10-23(4-5-24-12)15-2-3-20-17-16(15)13-6-11(7-18)21-9-14(13)22-17/h2-3,6,9,12,19H,4-5,8,10H2,1H3,(H,20,22). The molecule has 1 atom stereocenters. The minimum Gasteiger partial charge on any atom is -0.373 e. The van der Waals surface area contributed by atoms with E-state index in [0.29, 0.717) is 12.3 Å². The monoisotopic (exact) mass is 322 g/mol. The van der Waals surface area contributed by atoms with Gasteiger partial charge in [0.05, 0.1) is 35.5 Å². The lowest BCUT2D eigenvalue weighted by atomic mass is 10.1. The number of nitrogens with zero attached hydrogens (tertiary/aromatic N) is 4. The SMILES string of the molecule is CNCC1CN(c2ccnc3[nH]c4cnc(C#N)cc4c23)CCO1. The summed E-state index contributed by atoms with van der Waals surface area (Å²) in [5.74, 6) is 0. The topological polar surface area (TPSA) is 89.9 Å². The first-order valence-corrected chi connectivity index (χ1v) is 7.98. The quantitative estimate of drug-likeness (QED) is 0.758.